The maximum absolute atomic E-state index is 12.8. The van der Waals surface area contributed by atoms with Crippen molar-refractivity contribution in [2.45, 2.75) is 58.9 Å². The Morgan fingerprint density at radius 2 is 1.94 bits per heavy atom. The lowest BCUT2D eigenvalue weighted by Crippen LogP contribution is -2.19. The predicted molar refractivity (Wildman–Crippen MR) is 128 cm³/mol. The Morgan fingerprint density at radius 3 is 2.59 bits per heavy atom. The van der Waals surface area contributed by atoms with Gasteiger partial charge in [-0.25, -0.2) is 9.78 Å². The highest BCUT2D eigenvalue weighted by molar-refractivity contribution is 8.00. The highest BCUT2D eigenvalue weighted by atomic mass is 32.2. The molecule has 2 amide bonds. The molecule has 172 valence electrons. The molecule has 3 rings (SSSR count). The molecule has 2 aromatic heterocycles. The lowest BCUT2D eigenvalue weighted by atomic mass is 9.88. The lowest BCUT2D eigenvalue weighted by molar-refractivity contribution is -0.113. The summed E-state index contributed by atoms with van der Waals surface area (Å²) >= 11 is 2.62. The van der Waals surface area contributed by atoms with Crippen molar-refractivity contribution in [1.82, 2.24) is 4.98 Å². The van der Waals surface area contributed by atoms with Crippen LogP contribution in [0, 0.1) is 26.7 Å². The molecule has 0 saturated carbocycles. The molecule has 2 aromatic rings. The molecule has 3 N–H and O–H groups in total. The number of thioether (sulfide) groups is 1. The fourth-order valence-corrected chi connectivity index (χ4v) is 6.22. The van der Waals surface area contributed by atoms with E-state index in [-0.39, 0.29) is 18.3 Å². The van der Waals surface area contributed by atoms with Crippen LogP contribution in [-0.2, 0) is 22.4 Å². The van der Waals surface area contributed by atoms with Crippen LogP contribution in [0.15, 0.2) is 5.03 Å². The molecule has 0 bridgehead atoms. The number of carbonyl (C=O) groups is 3. The van der Waals surface area contributed by atoms with Crippen LogP contribution in [0.1, 0.15) is 68.2 Å². The van der Waals surface area contributed by atoms with Gasteiger partial charge < -0.3 is 15.8 Å². The third kappa shape index (κ3) is 4.99. The van der Waals surface area contributed by atoms with E-state index in [1.165, 1.54) is 11.3 Å². The molecule has 0 fully saturated rings. The number of hydrogen-bond donors (Lipinski definition) is 2. The van der Waals surface area contributed by atoms with E-state index < -0.39 is 11.9 Å². The minimum atomic E-state index is -0.564. The number of nitrogens with one attached hydrogen (secondary N) is 1. The van der Waals surface area contributed by atoms with Gasteiger partial charge in [-0.15, -0.1) is 11.3 Å². The van der Waals surface area contributed by atoms with Crippen LogP contribution in [0.5, 0.6) is 0 Å². The first-order chi connectivity index (χ1) is 15.1. The Balaban J connectivity index is 1.82. The van der Waals surface area contributed by atoms with E-state index in [1.807, 2.05) is 20.8 Å². The fourth-order valence-electron chi connectivity index (χ4n) is 3.86. The smallest absolute Gasteiger partial charge is 0.341 e. The Morgan fingerprint density at radius 1 is 1.22 bits per heavy atom. The lowest BCUT2D eigenvalue weighted by Gasteiger charge is -2.18. The van der Waals surface area contributed by atoms with Gasteiger partial charge in [-0.05, 0) is 69.6 Å². The zero-order valence-corrected chi connectivity index (χ0v) is 20.7. The maximum atomic E-state index is 12.8. The van der Waals surface area contributed by atoms with E-state index in [2.05, 4.69) is 17.2 Å². The molecule has 0 spiro atoms. The Bertz CT molecular complexity index is 1080. The number of nitrogens with two attached hydrogens (primary N) is 1. The number of esters is 1. The molecule has 1 aliphatic rings. The summed E-state index contributed by atoms with van der Waals surface area (Å²) in [6, 6.07) is 0. The van der Waals surface area contributed by atoms with Crippen molar-refractivity contribution in [2.75, 3.05) is 17.7 Å². The van der Waals surface area contributed by atoms with Crippen molar-refractivity contribution in [3.63, 3.8) is 0 Å². The number of carbonyl (C=O) groups excluding carboxylic acids is 3. The average molecular weight is 476 g/mol. The summed E-state index contributed by atoms with van der Waals surface area (Å²) in [6.45, 7) is 9.81. The number of primary amides is 1. The number of nitrogens with zero attached hydrogens (tertiary/aromatic N) is 1. The molecule has 0 aromatic carbocycles. The highest BCUT2D eigenvalue weighted by Gasteiger charge is 2.29. The van der Waals surface area contributed by atoms with E-state index in [1.54, 1.807) is 6.92 Å². The van der Waals surface area contributed by atoms with Crippen LogP contribution >= 0.6 is 23.1 Å². The predicted octanol–water partition coefficient (Wildman–Crippen LogP) is 4.20. The van der Waals surface area contributed by atoms with Crippen molar-refractivity contribution >= 4 is 45.9 Å². The fraction of sp³-hybridized carbons (Fsp3) is 0.478. The number of amides is 2. The largest absolute Gasteiger partial charge is 0.462 e. The van der Waals surface area contributed by atoms with Gasteiger partial charge in [-0.3, -0.25) is 9.59 Å². The molecule has 1 unspecified atom stereocenters. The van der Waals surface area contributed by atoms with E-state index in [4.69, 9.17) is 10.5 Å². The van der Waals surface area contributed by atoms with Gasteiger partial charge in [0, 0.05) is 10.6 Å². The quantitative estimate of drug-likeness (QED) is 0.459. The molecule has 2 heterocycles. The van der Waals surface area contributed by atoms with Gasteiger partial charge in [0.2, 0.25) is 5.91 Å². The number of rotatable bonds is 7. The maximum Gasteiger partial charge on any atom is 0.341 e. The number of aryl methyl sites for hydroxylation is 1. The topological polar surface area (TPSA) is 111 Å². The second-order valence-electron chi connectivity index (χ2n) is 8.10. The number of aromatic nitrogens is 1. The Kier molecular flexibility index (Phi) is 7.61. The van der Waals surface area contributed by atoms with E-state index in [9.17, 15) is 14.4 Å². The summed E-state index contributed by atoms with van der Waals surface area (Å²) in [7, 11) is 0. The standard InChI is InChI=1S/C23H29N3O4S2/c1-6-30-23(29)19-15-8-7-11(2)9-16(15)32-22(19)26-17(27)10-31-21-18(20(24)28)13(4)12(3)14(5)25-21/h11H,6-10H2,1-5H3,(H2,24,28)(H,26,27). The first kappa shape index (κ1) is 24.3. The van der Waals surface area contributed by atoms with Gasteiger partial charge in [0.05, 0.1) is 23.5 Å². The first-order valence-corrected chi connectivity index (χ1v) is 12.5. The number of ether oxygens (including phenoxy) is 1. The van der Waals surface area contributed by atoms with Crippen LogP contribution in [0.3, 0.4) is 0 Å². The van der Waals surface area contributed by atoms with Crippen LogP contribution in [0.4, 0.5) is 5.00 Å². The third-order valence-corrected chi connectivity index (χ3v) is 7.94. The number of pyridine rings is 1. The zero-order chi connectivity index (χ0) is 23.6. The third-order valence-electron chi connectivity index (χ3n) is 5.79. The van der Waals surface area contributed by atoms with Gasteiger partial charge >= 0.3 is 5.97 Å². The second kappa shape index (κ2) is 10.0. The zero-order valence-electron chi connectivity index (χ0n) is 19.1. The minimum absolute atomic E-state index is 0.0382. The van der Waals surface area contributed by atoms with Gasteiger partial charge in [-0.2, -0.15) is 0 Å². The van der Waals surface area contributed by atoms with Crippen molar-refractivity contribution in [3.8, 4) is 0 Å². The highest BCUT2D eigenvalue weighted by Crippen LogP contribution is 2.40. The molecule has 0 radical (unpaired) electrons. The second-order valence-corrected chi connectivity index (χ2v) is 10.2. The monoisotopic (exact) mass is 475 g/mol. The van der Waals surface area contributed by atoms with Crippen LogP contribution in [0.25, 0.3) is 0 Å². The molecule has 1 atom stereocenters. The van der Waals surface area contributed by atoms with E-state index in [0.29, 0.717) is 27.1 Å². The molecule has 1 aliphatic carbocycles. The summed E-state index contributed by atoms with van der Waals surface area (Å²) in [4.78, 5) is 43.0. The Hall–Kier alpha value is -2.39. The number of anilines is 1. The average Bonchev–Trinajstić information content (AvgIpc) is 3.06. The van der Waals surface area contributed by atoms with Gasteiger partial charge in [0.1, 0.15) is 10.0 Å². The first-order valence-electron chi connectivity index (χ1n) is 10.7. The number of fused-ring (bicyclic) bond motifs is 1. The summed E-state index contributed by atoms with van der Waals surface area (Å²) in [5.74, 6) is -0.659. The van der Waals surface area contributed by atoms with Gasteiger partial charge in [0.25, 0.3) is 5.91 Å². The minimum Gasteiger partial charge on any atom is -0.462 e. The van der Waals surface area contributed by atoms with Crippen molar-refractivity contribution in [2.24, 2.45) is 11.7 Å². The van der Waals surface area contributed by atoms with Gasteiger partial charge in [-0.1, -0.05) is 18.7 Å². The van der Waals surface area contributed by atoms with E-state index in [0.717, 1.165) is 58.3 Å². The normalized spacial score (nSPS) is 15.2. The SMILES string of the molecule is CCOC(=O)c1c(NC(=O)CSc2nc(C)c(C)c(C)c2C(N)=O)sc2c1CCC(C)C2. The molecule has 9 heteroatoms. The van der Waals surface area contributed by atoms with Crippen LogP contribution in [-0.4, -0.2) is 35.1 Å². The molecular formula is C23H29N3O4S2. The number of thiophene rings is 1. The van der Waals surface area contributed by atoms with Crippen molar-refractivity contribution in [3.05, 3.63) is 38.4 Å². The Labute approximate surface area is 196 Å². The van der Waals surface area contributed by atoms with Crippen molar-refractivity contribution in [1.29, 1.82) is 0 Å². The summed E-state index contributed by atoms with van der Waals surface area (Å²) < 4.78 is 5.26. The van der Waals surface area contributed by atoms with E-state index >= 15 is 0 Å². The van der Waals surface area contributed by atoms with Crippen molar-refractivity contribution < 1.29 is 19.1 Å². The summed E-state index contributed by atoms with van der Waals surface area (Å²) in [5, 5.41) is 3.87. The number of hydrogen-bond acceptors (Lipinski definition) is 7. The van der Waals surface area contributed by atoms with Crippen LogP contribution in [0.2, 0.25) is 0 Å². The molecule has 7 nitrogen and oxygen atoms in total. The molecule has 0 saturated heterocycles. The van der Waals surface area contributed by atoms with Crippen LogP contribution < -0.4 is 11.1 Å². The molecule has 32 heavy (non-hydrogen) atoms. The molecular weight excluding hydrogens is 446 g/mol. The summed E-state index contributed by atoms with van der Waals surface area (Å²) in [5.41, 5.74) is 9.87. The summed E-state index contributed by atoms with van der Waals surface area (Å²) in [6.07, 6.45) is 2.71. The van der Waals surface area contributed by atoms with Gasteiger partial charge in [0.15, 0.2) is 0 Å². The molecule has 0 aliphatic heterocycles.